The van der Waals surface area contributed by atoms with Crippen LogP contribution in [0.5, 0.6) is 5.75 Å². The van der Waals surface area contributed by atoms with Crippen molar-refractivity contribution >= 4 is 51.6 Å². The molecular weight excluding hydrogens is 679 g/mol. The van der Waals surface area contributed by atoms with Crippen LogP contribution >= 0.6 is 0 Å². The van der Waals surface area contributed by atoms with Crippen LogP contribution in [0.4, 0.5) is 11.4 Å². The molecule has 2 saturated heterocycles. The highest BCUT2D eigenvalue weighted by Crippen LogP contribution is 2.65. The molecule has 5 aromatic carbocycles. The predicted octanol–water partition coefficient (Wildman–Crippen LogP) is 7.25. The Morgan fingerprint density at radius 1 is 0.778 bits per heavy atom. The molecule has 6 atom stereocenters. The van der Waals surface area contributed by atoms with Crippen LogP contribution in [0.2, 0.25) is 0 Å². The van der Waals surface area contributed by atoms with Crippen molar-refractivity contribution in [2.45, 2.75) is 38.0 Å². The third kappa shape index (κ3) is 4.73. The van der Waals surface area contributed by atoms with Crippen LogP contribution in [0.25, 0.3) is 10.8 Å². The number of fused-ring (bicyclic) bond motifs is 5. The first-order chi connectivity index (χ1) is 26.1. The van der Waals surface area contributed by atoms with E-state index in [-0.39, 0.29) is 36.2 Å². The highest BCUT2D eigenvalue weighted by Gasteiger charge is 2.70. The number of anilines is 2. The largest absolute Gasteiger partial charge is 0.508 e. The van der Waals surface area contributed by atoms with Crippen molar-refractivity contribution in [3.05, 3.63) is 149 Å². The van der Waals surface area contributed by atoms with Gasteiger partial charge in [0.15, 0.2) is 5.78 Å². The lowest BCUT2D eigenvalue weighted by molar-refractivity contribution is -0.138. The standard InChI is InChI=1S/C45H37N3O6/c1-25-12-17-30(18-13-25)46-48-42(52)36-24-35-33(21-22-34-38(35)43(53)47(41(34)51)31-19-14-27(15-20-31)26(2)49)40(45(36,44(48)54)29-9-4-3-5-10-29)39-32-11-7-6-8-28(32)16-23-37(39)50/h3-21,23,34-36,38,40,46,50H,22,24H2,1-2H3. The summed E-state index contributed by atoms with van der Waals surface area (Å²) >= 11 is 0. The number of nitrogens with zero attached hydrogens (tertiary/aromatic N) is 2. The van der Waals surface area contributed by atoms with Crippen molar-refractivity contribution in [3.63, 3.8) is 0 Å². The Morgan fingerprint density at radius 3 is 2.20 bits per heavy atom. The number of amides is 4. The Balaban J connectivity index is 1.26. The highest BCUT2D eigenvalue weighted by atomic mass is 16.3. The van der Waals surface area contributed by atoms with Crippen LogP contribution in [0, 0.1) is 30.6 Å². The lowest BCUT2D eigenvalue weighted by atomic mass is 9.48. The van der Waals surface area contributed by atoms with Gasteiger partial charge in [-0.25, -0.2) is 0 Å². The first-order valence-electron chi connectivity index (χ1n) is 18.3. The number of imide groups is 2. The van der Waals surface area contributed by atoms with E-state index in [1.807, 2.05) is 97.9 Å². The van der Waals surface area contributed by atoms with Crippen LogP contribution < -0.4 is 10.3 Å². The average molecular weight is 716 g/mol. The van der Waals surface area contributed by atoms with E-state index >= 15 is 4.79 Å². The average Bonchev–Trinajstić information content (AvgIpc) is 3.57. The van der Waals surface area contributed by atoms with Crippen molar-refractivity contribution in [1.29, 1.82) is 0 Å². The molecule has 9 heteroatoms. The molecular formula is C45H37N3O6. The number of carbonyl (C=O) groups excluding carboxylic acids is 5. The molecule has 9 nitrogen and oxygen atoms in total. The van der Waals surface area contributed by atoms with E-state index < -0.39 is 46.8 Å². The number of hydrogen-bond donors (Lipinski definition) is 2. The van der Waals surface area contributed by atoms with Gasteiger partial charge in [0.1, 0.15) is 5.75 Å². The fraction of sp³-hybridized carbons (Fsp3) is 0.222. The molecule has 2 aliphatic heterocycles. The number of benzene rings is 5. The number of Topliss-reactive ketones (excluding diaryl/α,β-unsaturated/α-hetero) is 1. The zero-order valence-corrected chi connectivity index (χ0v) is 29.7. The highest BCUT2D eigenvalue weighted by molar-refractivity contribution is 6.23. The van der Waals surface area contributed by atoms with Gasteiger partial charge >= 0.3 is 0 Å². The number of hydrazine groups is 1. The third-order valence-electron chi connectivity index (χ3n) is 12.2. The van der Waals surface area contributed by atoms with E-state index in [0.717, 1.165) is 26.9 Å². The van der Waals surface area contributed by atoms with Crippen molar-refractivity contribution < 1.29 is 29.1 Å². The van der Waals surface area contributed by atoms with E-state index in [1.165, 1.54) is 11.8 Å². The summed E-state index contributed by atoms with van der Waals surface area (Å²) in [5.41, 5.74) is 5.93. The number of ketones is 1. The summed E-state index contributed by atoms with van der Waals surface area (Å²) in [4.78, 5) is 72.5. The summed E-state index contributed by atoms with van der Waals surface area (Å²) in [6, 6.07) is 34.2. The molecule has 2 N–H and O–H groups in total. The molecule has 6 unspecified atom stereocenters. The fourth-order valence-electron chi connectivity index (χ4n) is 9.75. The molecule has 0 aromatic heterocycles. The number of nitrogens with one attached hydrogen (secondary N) is 1. The van der Waals surface area contributed by atoms with E-state index in [1.54, 1.807) is 30.3 Å². The smallest absolute Gasteiger partial charge is 0.260 e. The van der Waals surface area contributed by atoms with Gasteiger partial charge in [-0.3, -0.25) is 34.3 Å². The van der Waals surface area contributed by atoms with Crippen molar-refractivity contribution in [3.8, 4) is 5.75 Å². The number of phenolic OH excluding ortho intramolecular Hbond substituents is 1. The molecule has 4 amide bonds. The number of phenols is 1. The maximum atomic E-state index is 15.5. The molecule has 54 heavy (non-hydrogen) atoms. The Labute approximate surface area is 311 Å². The molecule has 0 radical (unpaired) electrons. The summed E-state index contributed by atoms with van der Waals surface area (Å²) < 4.78 is 0. The molecule has 3 fully saturated rings. The molecule has 5 aromatic rings. The Bertz CT molecular complexity index is 2440. The summed E-state index contributed by atoms with van der Waals surface area (Å²) in [6.07, 6.45) is 2.37. The van der Waals surface area contributed by atoms with Crippen LogP contribution in [-0.4, -0.2) is 39.5 Å². The van der Waals surface area contributed by atoms with Gasteiger partial charge in [-0.05, 0) is 91.4 Å². The lowest BCUT2D eigenvalue weighted by Crippen LogP contribution is -2.53. The maximum Gasteiger partial charge on any atom is 0.260 e. The first kappa shape index (κ1) is 33.5. The molecule has 4 aliphatic rings. The van der Waals surface area contributed by atoms with Crippen LogP contribution in [0.15, 0.2) is 127 Å². The Kier molecular flexibility index (Phi) is 7.67. The second-order valence-corrected chi connectivity index (χ2v) is 14.9. The van der Waals surface area contributed by atoms with Gasteiger partial charge in [0.25, 0.3) is 11.8 Å². The minimum atomic E-state index is -1.51. The molecule has 1 saturated carbocycles. The maximum absolute atomic E-state index is 15.5. The van der Waals surface area contributed by atoms with Crippen molar-refractivity contribution in [1.82, 2.24) is 5.01 Å². The van der Waals surface area contributed by atoms with Crippen LogP contribution in [0.3, 0.4) is 0 Å². The van der Waals surface area contributed by atoms with Gasteiger partial charge in [0.2, 0.25) is 11.8 Å². The quantitative estimate of drug-likeness (QED) is 0.108. The molecule has 268 valence electrons. The second-order valence-electron chi connectivity index (χ2n) is 14.9. The summed E-state index contributed by atoms with van der Waals surface area (Å²) in [5.74, 6) is -5.67. The van der Waals surface area contributed by atoms with Crippen LogP contribution in [-0.2, 0) is 24.6 Å². The lowest BCUT2D eigenvalue weighted by Gasteiger charge is -2.51. The number of carbonyl (C=O) groups is 5. The van der Waals surface area contributed by atoms with Gasteiger partial charge in [0, 0.05) is 17.0 Å². The number of allylic oxidation sites excluding steroid dienone is 2. The molecule has 2 heterocycles. The monoisotopic (exact) mass is 715 g/mol. The van der Waals surface area contributed by atoms with E-state index in [0.29, 0.717) is 28.1 Å². The zero-order chi connectivity index (χ0) is 37.5. The summed E-state index contributed by atoms with van der Waals surface area (Å²) in [7, 11) is 0. The SMILES string of the molecule is CC(=O)c1ccc(N2C(=O)C3CC=C4C(CC5C(=O)N(Nc6ccc(C)cc6)C(=O)C5(c5ccccc5)C4c4c(O)ccc5ccccc45)C3C2=O)cc1. The van der Waals surface area contributed by atoms with Crippen molar-refractivity contribution in [2.75, 3.05) is 10.3 Å². The minimum absolute atomic E-state index is 0.0253. The van der Waals surface area contributed by atoms with Crippen LogP contribution in [0.1, 0.15) is 52.7 Å². The number of hydrogen-bond acceptors (Lipinski definition) is 7. The normalized spacial score (nSPS) is 26.0. The van der Waals surface area contributed by atoms with Crippen molar-refractivity contribution in [2.24, 2.45) is 23.7 Å². The minimum Gasteiger partial charge on any atom is -0.508 e. The van der Waals surface area contributed by atoms with E-state index in [4.69, 9.17) is 0 Å². The third-order valence-corrected chi connectivity index (χ3v) is 12.2. The fourth-order valence-corrected chi connectivity index (χ4v) is 9.75. The predicted molar refractivity (Wildman–Crippen MR) is 203 cm³/mol. The Hall–Kier alpha value is -6.35. The first-order valence-corrected chi connectivity index (χ1v) is 18.3. The number of rotatable bonds is 6. The molecule has 0 bridgehead atoms. The van der Waals surface area contributed by atoms with Gasteiger partial charge in [-0.15, -0.1) is 0 Å². The Morgan fingerprint density at radius 2 is 1.48 bits per heavy atom. The van der Waals surface area contributed by atoms with Gasteiger partial charge in [0.05, 0.1) is 34.5 Å². The molecule has 9 rings (SSSR count). The number of aromatic hydroxyl groups is 1. The molecule has 2 aliphatic carbocycles. The topological polar surface area (TPSA) is 124 Å². The van der Waals surface area contributed by atoms with E-state index in [2.05, 4.69) is 5.43 Å². The van der Waals surface area contributed by atoms with Gasteiger partial charge in [-0.1, -0.05) is 90.0 Å². The number of aryl methyl sites for hydroxylation is 1. The van der Waals surface area contributed by atoms with Gasteiger partial charge < -0.3 is 5.11 Å². The summed E-state index contributed by atoms with van der Waals surface area (Å²) in [6.45, 7) is 3.41. The van der Waals surface area contributed by atoms with Gasteiger partial charge in [-0.2, -0.15) is 5.01 Å². The summed E-state index contributed by atoms with van der Waals surface area (Å²) in [5, 5.41) is 14.6. The van der Waals surface area contributed by atoms with E-state index in [9.17, 15) is 24.3 Å². The zero-order valence-electron chi connectivity index (χ0n) is 29.7. The molecule has 0 spiro atoms. The second kappa shape index (κ2) is 12.4.